The number of hydrogen-bond donors (Lipinski definition) is 0. The Hall–Kier alpha value is -0.0800. The summed E-state index contributed by atoms with van der Waals surface area (Å²) in [6, 6.07) is 0. The summed E-state index contributed by atoms with van der Waals surface area (Å²) in [5, 5.41) is 0. The average Bonchev–Trinajstić information content (AvgIpc) is 1.82. The summed E-state index contributed by atoms with van der Waals surface area (Å²) >= 11 is 0. The Morgan fingerprint density at radius 3 is 1.64 bits per heavy atom. The molecule has 0 aliphatic carbocycles. The van der Waals surface area contributed by atoms with Crippen molar-refractivity contribution in [3.8, 4) is 0 Å². The SMILES string of the molecule is CC1C(C)(C)OCOC1(C)C. The zero-order valence-electron chi connectivity index (χ0n) is 8.10. The minimum atomic E-state index is -0.0538. The summed E-state index contributed by atoms with van der Waals surface area (Å²) in [4.78, 5) is 0. The Bertz CT molecular complexity index is 134. The molecule has 1 heterocycles. The zero-order valence-corrected chi connectivity index (χ0v) is 8.10. The third-order valence-corrected chi connectivity index (χ3v) is 2.95. The van der Waals surface area contributed by atoms with Gasteiger partial charge in [-0.25, -0.2) is 0 Å². The molecule has 0 aromatic heterocycles. The van der Waals surface area contributed by atoms with Crippen molar-refractivity contribution in [3.63, 3.8) is 0 Å². The second-order valence-electron chi connectivity index (χ2n) is 4.34. The summed E-state index contributed by atoms with van der Waals surface area (Å²) in [5.41, 5.74) is -0.108. The van der Waals surface area contributed by atoms with E-state index in [-0.39, 0.29) is 11.2 Å². The number of hydrogen-bond acceptors (Lipinski definition) is 2. The van der Waals surface area contributed by atoms with Crippen molar-refractivity contribution in [3.05, 3.63) is 0 Å². The molecule has 1 saturated heterocycles. The minimum Gasteiger partial charge on any atom is -0.349 e. The van der Waals surface area contributed by atoms with Gasteiger partial charge in [0.15, 0.2) is 0 Å². The summed E-state index contributed by atoms with van der Waals surface area (Å²) in [7, 11) is 0. The van der Waals surface area contributed by atoms with Crippen molar-refractivity contribution < 1.29 is 9.47 Å². The molecule has 0 amide bonds. The highest BCUT2D eigenvalue weighted by atomic mass is 16.7. The normalized spacial score (nSPS) is 30.3. The minimum absolute atomic E-state index is 0.0538. The first-order chi connectivity index (χ1) is 4.86. The molecule has 1 aliphatic heterocycles. The van der Waals surface area contributed by atoms with Crippen LogP contribution in [0.1, 0.15) is 34.6 Å². The number of ether oxygens (including phenoxy) is 2. The third-order valence-electron chi connectivity index (χ3n) is 2.95. The molecule has 0 radical (unpaired) electrons. The lowest BCUT2D eigenvalue weighted by molar-refractivity contribution is -0.272. The van der Waals surface area contributed by atoms with Crippen LogP contribution in [0.15, 0.2) is 0 Å². The van der Waals surface area contributed by atoms with E-state index in [9.17, 15) is 0 Å². The van der Waals surface area contributed by atoms with E-state index < -0.39 is 0 Å². The highest BCUT2D eigenvalue weighted by molar-refractivity contribution is 4.90. The molecular formula is C9H18O2. The Kier molecular flexibility index (Phi) is 2.01. The van der Waals surface area contributed by atoms with E-state index >= 15 is 0 Å². The number of rotatable bonds is 0. The Balaban J connectivity index is 2.76. The summed E-state index contributed by atoms with van der Waals surface area (Å²) in [6.07, 6.45) is 0. The Morgan fingerprint density at radius 2 is 1.36 bits per heavy atom. The fraction of sp³-hybridized carbons (Fsp3) is 1.00. The van der Waals surface area contributed by atoms with Crippen LogP contribution < -0.4 is 0 Å². The Morgan fingerprint density at radius 1 is 1.00 bits per heavy atom. The van der Waals surface area contributed by atoms with Crippen molar-refractivity contribution in [2.45, 2.75) is 45.8 Å². The molecule has 0 N–H and O–H groups in total. The first kappa shape index (κ1) is 9.01. The topological polar surface area (TPSA) is 18.5 Å². The molecule has 0 spiro atoms. The van der Waals surface area contributed by atoms with Gasteiger partial charge in [-0.3, -0.25) is 0 Å². The maximum Gasteiger partial charge on any atom is 0.148 e. The molecule has 0 aromatic carbocycles. The highest BCUT2D eigenvalue weighted by Gasteiger charge is 2.42. The lowest BCUT2D eigenvalue weighted by Crippen LogP contribution is -2.52. The van der Waals surface area contributed by atoms with E-state index in [4.69, 9.17) is 9.47 Å². The monoisotopic (exact) mass is 158 g/mol. The van der Waals surface area contributed by atoms with Gasteiger partial charge in [0, 0.05) is 5.92 Å². The summed E-state index contributed by atoms with van der Waals surface area (Å²) in [5.74, 6) is 0.420. The van der Waals surface area contributed by atoms with Crippen molar-refractivity contribution >= 4 is 0 Å². The van der Waals surface area contributed by atoms with Gasteiger partial charge >= 0.3 is 0 Å². The molecule has 2 heteroatoms. The molecule has 11 heavy (non-hydrogen) atoms. The first-order valence-corrected chi connectivity index (χ1v) is 4.14. The van der Waals surface area contributed by atoms with Crippen LogP contribution in [0.3, 0.4) is 0 Å². The standard InChI is InChI=1S/C9H18O2/c1-7-8(2,3)10-6-11-9(7,4)5/h7H,6H2,1-5H3. The maximum absolute atomic E-state index is 5.49. The fourth-order valence-electron chi connectivity index (χ4n) is 1.42. The van der Waals surface area contributed by atoms with Crippen molar-refractivity contribution in [1.82, 2.24) is 0 Å². The molecule has 0 bridgehead atoms. The van der Waals surface area contributed by atoms with Crippen molar-refractivity contribution in [2.75, 3.05) is 6.79 Å². The second kappa shape index (κ2) is 2.46. The largest absolute Gasteiger partial charge is 0.349 e. The predicted octanol–water partition coefficient (Wildman–Crippen LogP) is 2.18. The van der Waals surface area contributed by atoms with Gasteiger partial charge < -0.3 is 9.47 Å². The van der Waals surface area contributed by atoms with Gasteiger partial charge in [-0.15, -0.1) is 0 Å². The molecule has 0 aromatic rings. The highest BCUT2D eigenvalue weighted by Crippen LogP contribution is 2.36. The first-order valence-electron chi connectivity index (χ1n) is 4.14. The third kappa shape index (κ3) is 1.57. The molecule has 66 valence electrons. The van der Waals surface area contributed by atoms with Gasteiger partial charge in [0.05, 0.1) is 11.2 Å². The van der Waals surface area contributed by atoms with Crippen LogP contribution in [-0.2, 0) is 9.47 Å². The summed E-state index contributed by atoms with van der Waals surface area (Å²) < 4.78 is 11.0. The van der Waals surface area contributed by atoms with Crippen LogP contribution in [0.25, 0.3) is 0 Å². The van der Waals surface area contributed by atoms with E-state index in [0.717, 1.165) is 0 Å². The van der Waals surface area contributed by atoms with Gasteiger partial charge in [-0.2, -0.15) is 0 Å². The van der Waals surface area contributed by atoms with Gasteiger partial charge in [0.2, 0.25) is 0 Å². The van der Waals surface area contributed by atoms with Crippen molar-refractivity contribution in [2.24, 2.45) is 5.92 Å². The molecule has 0 atom stereocenters. The zero-order chi connectivity index (χ0) is 8.70. The van der Waals surface area contributed by atoms with E-state index in [1.165, 1.54) is 0 Å². The van der Waals surface area contributed by atoms with E-state index in [0.29, 0.717) is 12.7 Å². The van der Waals surface area contributed by atoms with Crippen LogP contribution >= 0.6 is 0 Å². The van der Waals surface area contributed by atoms with Gasteiger partial charge in [-0.05, 0) is 27.7 Å². The van der Waals surface area contributed by atoms with Crippen LogP contribution in [-0.4, -0.2) is 18.0 Å². The molecular weight excluding hydrogens is 140 g/mol. The van der Waals surface area contributed by atoms with E-state index in [2.05, 4.69) is 34.6 Å². The molecule has 1 fully saturated rings. The lowest BCUT2D eigenvalue weighted by Gasteiger charge is -2.46. The molecule has 0 unspecified atom stereocenters. The van der Waals surface area contributed by atoms with Crippen LogP contribution in [0.5, 0.6) is 0 Å². The molecule has 1 rings (SSSR count). The van der Waals surface area contributed by atoms with E-state index in [1.54, 1.807) is 0 Å². The maximum atomic E-state index is 5.49. The average molecular weight is 158 g/mol. The predicted molar refractivity (Wildman–Crippen MR) is 44.4 cm³/mol. The Labute approximate surface area is 68.9 Å². The smallest absolute Gasteiger partial charge is 0.148 e. The lowest BCUT2D eigenvalue weighted by atomic mass is 9.79. The quantitative estimate of drug-likeness (QED) is 0.538. The van der Waals surface area contributed by atoms with Crippen LogP contribution in [0, 0.1) is 5.92 Å². The van der Waals surface area contributed by atoms with Gasteiger partial charge in [0.1, 0.15) is 6.79 Å². The second-order valence-corrected chi connectivity index (χ2v) is 4.34. The molecule has 2 nitrogen and oxygen atoms in total. The van der Waals surface area contributed by atoms with Crippen molar-refractivity contribution in [1.29, 1.82) is 0 Å². The van der Waals surface area contributed by atoms with Gasteiger partial charge in [-0.1, -0.05) is 6.92 Å². The van der Waals surface area contributed by atoms with Gasteiger partial charge in [0.25, 0.3) is 0 Å². The van der Waals surface area contributed by atoms with E-state index in [1.807, 2.05) is 0 Å². The van der Waals surface area contributed by atoms with Crippen LogP contribution in [0.4, 0.5) is 0 Å². The molecule has 1 aliphatic rings. The van der Waals surface area contributed by atoms with Crippen LogP contribution in [0.2, 0.25) is 0 Å². The molecule has 0 saturated carbocycles. The fourth-order valence-corrected chi connectivity index (χ4v) is 1.42. The summed E-state index contributed by atoms with van der Waals surface area (Å²) in [6.45, 7) is 11.0.